The number of anilines is 5. The Bertz CT molecular complexity index is 3250. The number of fused-ring (bicyclic) bond motifs is 10. The van der Waals surface area contributed by atoms with E-state index in [2.05, 4.69) is 230 Å². The fraction of sp³-hybridized carbons (Fsp3) is 0.207. The Morgan fingerprint density at radius 1 is 0.435 bits per heavy atom. The molecule has 0 amide bonds. The van der Waals surface area contributed by atoms with E-state index in [4.69, 9.17) is 4.42 Å². The number of para-hydroxylation sites is 1. The van der Waals surface area contributed by atoms with E-state index in [-0.39, 0.29) is 23.1 Å². The number of benzene rings is 8. The molecule has 0 radical (unpaired) electrons. The molecule has 9 aromatic rings. The molecule has 0 saturated heterocycles. The number of furan rings is 1. The first-order valence-electron chi connectivity index (χ1n) is 22.2. The van der Waals surface area contributed by atoms with E-state index in [9.17, 15) is 0 Å². The monoisotopic (exact) mass is 804 g/mol. The van der Waals surface area contributed by atoms with Gasteiger partial charge in [0.15, 0.2) is 0 Å². The summed E-state index contributed by atoms with van der Waals surface area (Å²) < 4.78 is 7.16. The summed E-state index contributed by atoms with van der Waals surface area (Å²) in [5, 5.41) is 4.75. The maximum Gasteiger partial charge on any atom is 0.336 e. The van der Waals surface area contributed by atoms with E-state index in [1.165, 1.54) is 72.0 Å². The van der Waals surface area contributed by atoms with E-state index in [0.29, 0.717) is 0 Å². The number of hydrogen-bond donors (Lipinski definition) is 0. The van der Waals surface area contributed by atoms with Gasteiger partial charge in [-0.15, -0.1) is 0 Å². The molecular formula is C58H53BN2O. The van der Waals surface area contributed by atoms with Crippen molar-refractivity contribution in [2.45, 2.75) is 78.6 Å². The van der Waals surface area contributed by atoms with Crippen LogP contribution in [0.25, 0.3) is 55.0 Å². The molecular weight excluding hydrogens is 751 g/mol. The Morgan fingerprint density at radius 2 is 1.02 bits per heavy atom. The van der Waals surface area contributed by atoms with Gasteiger partial charge in [-0.05, 0) is 121 Å². The molecule has 3 heterocycles. The minimum absolute atomic E-state index is 0.0238. The lowest BCUT2D eigenvalue weighted by molar-refractivity contribution is 0.590. The summed E-state index contributed by atoms with van der Waals surface area (Å²) >= 11 is 0. The van der Waals surface area contributed by atoms with Gasteiger partial charge in [0.05, 0.1) is 5.69 Å². The zero-order chi connectivity index (χ0) is 42.9. The molecule has 2 aliphatic rings. The smallest absolute Gasteiger partial charge is 0.336 e. The Hall–Kier alpha value is -6.52. The van der Waals surface area contributed by atoms with E-state index < -0.39 is 0 Å². The summed E-state index contributed by atoms with van der Waals surface area (Å²) in [6, 6.07) is 59.3. The lowest BCUT2D eigenvalue weighted by atomic mass is 9.43. The maximum atomic E-state index is 7.16. The van der Waals surface area contributed by atoms with Crippen LogP contribution in [0.15, 0.2) is 162 Å². The maximum absolute atomic E-state index is 7.16. The van der Waals surface area contributed by atoms with Crippen LogP contribution >= 0.6 is 0 Å². The average molecular weight is 805 g/mol. The van der Waals surface area contributed by atoms with Crippen molar-refractivity contribution in [3.63, 3.8) is 0 Å². The van der Waals surface area contributed by atoms with Crippen molar-refractivity contribution in [2.24, 2.45) is 0 Å². The second-order valence-electron chi connectivity index (χ2n) is 20.6. The lowest BCUT2D eigenvalue weighted by Gasteiger charge is -2.46. The minimum Gasteiger partial charge on any atom is -0.456 e. The van der Waals surface area contributed by atoms with Crippen molar-refractivity contribution in [1.29, 1.82) is 0 Å². The van der Waals surface area contributed by atoms with E-state index in [1.54, 1.807) is 0 Å². The highest BCUT2D eigenvalue weighted by Crippen LogP contribution is 2.52. The van der Waals surface area contributed by atoms with Crippen LogP contribution < -0.4 is 20.6 Å². The van der Waals surface area contributed by atoms with Gasteiger partial charge in [-0.25, -0.2) is 0 Å². The molecule has 11 rings (SSSR count). The molecule has 0 unspecified atom stereocenters. The second-order valence-corrected chi connectivity index (χ2v) is 20.6. The molecule has 0 spiro atoms. The molecule has 4 heteroatoms. The predicted molar refractivity (Wildman–Crippen MR) is 266 cm³/mol. The zero-order valence-electron chi connectivity index (χ0n) is 37.4. The van der Waals surface area contributed by atoms with E-state index in [0.717, 1.165) is 39.0 Å². The topological polar surface area (TPSA) is 19.6 Å². The highest BCUT2D eigenvalue weighted by Gasteiger charge is 2.48. The van der Waals surface area contributed by atoms with Gasteiger partial charge in [0, 0.05) is 50.1 Å². The normalized spacial score (nSPS) is 13.8. The highest BCUT2D eigenvalue weighted by molar-refractivity contribution is 6.95. The summed E-state index contributed by atoms with van der Waals surface area (Å²) in [5.74, 6) is 0. The van der Waals surface area contributed by atoms with Crippen molar-refractivity contribution in [3.05, 3.63) is 174 Å². The van der Waals surface area contributed by atoms with E-state index >= 15 is 0 Å². The van der Waals surface area contributed by atoms with Crippen molar-refractivity contribution in [3.8, 4) is 22.3 Å². The van der Waals surface area contributed by atoms with Crippen molar-refractivity contribution in [2.75, 3.05) is 9.71 Å². The third kappa shape index (κ3) is 5.87. The van der Waals surface area contributed by atoms with Gasteiger partial charge in [-0.1, -0.05) is 159 Å². The molecule has 3 nitrogen and oxygen atoms in total. The first-order chi connectivity index (χ1) is 29.7. The van der Waals surface area contributed by atoms with Gasteiger partial charge in [-0.3, -0.25) is 0 Å². The molecule has 0 aliphatic carbocycles. The number of rotatable bonds is 3. The van der Waals surface area contributed by atoms with Crippen LogP contribution in [0, 0.1) is 0 Å². The number of nitrogens with zero attached hydrogens (tertiary/aromatic N) is 2. The molecule has 0 N–H and O–H groups in total. The van der Waals surface area contributed by atoms with Crippen molar-refractivity contribution >= 4 is 78.9 Å². The highest BCUT2D eigenvalue weighted by atomic mass is 16.3. The molecule has 62 heavy (non-hydrogen) atoms. The Labute approximate surface area is 366 Å². The molecule has 0 saturated carbocycles. The summed E-state index contributed by atoms with van der Waals surface area (Å²) in [7, 11) is 0. The summed E-state index contributed by atoms with van der Waals surface area (Å²) in [5.41, 5.74) is 18.9. The van der Waals surface area contributed by atoms with Gasteiger partial charge >= 0.3 is 6.85 Å². The molecule has 2 aliphatic heterocycles. The van der Waals surface area contributed by atoms with Crippen LogP contribution in [0.2, 0.25) is 0 Å². The molecule has 304 valence electrons. The summed E-state index contributed by atoms with van der Waals surface area (Å²) in [6.07, 6.45) is 0. The van der Waals surface area contributed by atoms with Gasteiger partial charge in [0.25, 0.3) is 0 Å². The third-order valence-corrected chi connectivity index (χ3v) is 13.5. The average Bonchev–Trinajstić information content (AvgIpc) is 3.64. The van der Waals surface area contributed by atoms with Crippen molar-refractivity contribution in [1.82, 2.24) is 0 Å². The van der Waals surface area contributed by atoms with Crippen LogP contribution in [-0.2, 0) is 16.2 Å². The SMILES string of the molecule is CC(C)(C)c1ccc(N2B3c4c(cc5ccccc5c4-c4cc(C(C)(C)C)ccc42)N(c2ccc(C(C)(C)C)cc2-c2ccccc2)c2ccc4c(oc5ccccc54)c23)cc1. The first kappa shape index (κ1) is 38.4. The van der Waals surface area contributed by atoms with Crippen LogP contribution in [0.4, 0.5) is 28.4 Å². The van der Waals surface area contributed by atoms with E-state index in [1.807, 2.05) is 0 Å². The van der Waals surface area contributed by atoms with Gasteiger partial charge in [0.1, 0.15) is 11.2 Å². The quantitative estimate of drug-likeness (QED) is 0.166. The third-order valence-electron chi connectivity index (χ3n) is 13.5. The standard InChI is InChI=1S/C58H53BN2O/c1-56(2,3)38-23-27-41(28-24-38)61-48-31-26-40(58(7,8)9)35-46(48)52-42-20-14-13-19-37(42)33-50-53(52)59(61)54-49(32-29-44-43-21-15-16-22-51(43)62-55(44)54)60(50)47-30-25-39(57(4,5)6)34-45(47)36-17-11-10-12-18-36/h10-35H,1-9H3. The Morgan fingerprint density at radius 3 is 1.71 bits per heavy atom. The van der Waals surface area contributed by atoms with Crippen molar-refractivity contribution < 1.29 is 4.42 Å². The van der Waals surface area contributed by atoms with Crippen LogP contribution in [0.5, 0.6) is 0 Å². The fourth-order valence-electron chi connectivity index (χ4n) is 10.2. The second kappa shape index (κ2) is 13.5. The number of hydrogen-bond acceptors (Lipinski definition) is 3. The van der Waals surface area contributed by atoms with Crippen LogP contribution in [0.1, 0.15) is 79.0 Å². The fourth-order valence-corrected chi connectivity index (χ4v) is 10.2. The van der Waals surface area contributed by atoms with Crippen LogP contribution in [-0.4, -0.2) is 6.85 Å². The summed E-state index contributed by atoms with van der Waals surface area (Å²) in [4.78, 5) is 5.19. The zero-order valence-corrected chi connectivity index (χ0v) is 37.4. The molecule has 0 atom stereocenters. The largest absolute Gasteiger partial charge is 0.456 e. The van der Waals surface area contributed by atoms with Crippen LogP contribution in [0.3, 0.4) is 0 Å². The summed E-state index contributed by atoms with van der Waals surface area (Å²) in [6.45, 7) is 20.6. The molecule has 0 bridgehead atoms. The Balaban J connectivity index is 1.33. The predicted octanol–water partition coefficient (Wildman–Crippen LogP) is 15.0. The first-order valence-corrected chi connectivity index (χ1v) is 22.2. The van der Waals surface area contributed by atoms with Gasteiger partial charge < -0.3 is 14.1 Å². The molecule has 8 aromatic carbocycles. The lowest BCUT2D eigenvalue weighted by Crippen LogP contribution is -2.61. The Kier molecular flexibility index (Phi) is 8.36. The molecule has 1 aromatic heterocycles. The van der Waals surface area contributed by atoms with Gasteiger partial charge in [0.2, 0.25) is 0 Å². The molecule has 0 fully saturated rings. The minimum atomic E-state index is -0.206. The van der Waals surface area contributed by atoms with Gasteiger partial charge in [-0.2, -0.15) is 0 Å².